The van der Waals surface area contributed by atoms with E-state index in [1.807, 2.05) is 29.2 Å². The first-order valence-corrected chi connectivity index (χ1v) is 7.74. The van der Waals surface area contributed by atoms with Gasteiger partial charge in [-0.25, -0.2) is 4.79 Å². The number of carbonyl (C=O) groups is 2. The van der Waals surface area contributed by atoms with Crippen molar-refractivity contribution in [2.45, 2.75) is 6.92 Å². The zero-order valence-corrected chi connectivity index (χ0v) is 13.7. The highest BCUT2D eigenvalue weighted by Crippen LogP contribution is 2.21. The van der Waals surface area contributed by atoms with Crippen molar-refractivity contribution in [3.05, 3.63) is 24.3 Å². The van der Waals surface area contributed by atoms with Gasteiger partial charge >= 0.3 is 6.03 Å². The van der Waals surface area contributed by atoms with Crippen LogP contribution in [0.15, 0.2) is 24.3 Å². The molecule has 2 N–H and O–H groups in total. The number of carbonyl (C=O) groups excluding carboxylic acids is 2. The molecule has 0 aromatic heterocycles. The number of urea groups is 1. The first kappa shape index (κ1) is 17.1. The lowest BCUT2D eigenvalue weighted by Gasteiger charge is -2.36. The maximum atomic E-state index is 12.0. The minimum atomic E-state index is -0.0836. The lowest BCUT2D eigenvalue weighted by molar-refractivity contribution is -0.114. The number of nitrogens with one attached hydrogen (secondary N) is 2. The second-order valence-corrected chi connectivity index (χ2v) is 5.43. The largest absolute Gasteiger partial charge is 0.383 e. The van der Waals surface area contributed by atoms with Crippen molar-refractivity contribution in [1.29, 1.82) is 0 Å². The van der Waals surface area contributed by atoms with E-state index < -0.39 is 0 Å². The lowest BCUT2D eigenvalue weighted by Crippen LogP contribution is -2.52. The van der Waals surface area contributed by atoms with Crippen LogP contribution in [0.2, 0.25) is 0 Å². The van der Waals surface area contributed by atoms with Crippen LogP contribution < -0.4 is 15.5 Å². The van der Waals surface area contributed by atoms with Crippen LogP contribution in [0.5, 0.6) is 0 Å². The van der Waals surface area contributed by atoms with E-state index in [-0.39, 0.29) is 11.9 Å². The molecule has 1 aromatic rings. The summed E-state index contributed by atoms with van der Waals surface area (Å²) in [4.78, 5) is 27.1. The molecule has 3 amide bonds. The number of hydrogen-bond donors (Lipinski definition) is 2. The van der Waals surface area contributed by atoms with Gasteiger partial charge in [0.15, 0.2) is 0 Å². The van der Waals surface area contributed by atoms with E-state index in [1.165, 1.54) is 6.92 Å². The van der Waals surface area contributed by atoms with Gasteiger partial charge in [0.1, 0.15) is 0 Å². The smallest absolute Gasteiger partial charge is 0.317 e. The SMILES string of the molecule is COCCNC(=O)N1CCN(c2cccc(NC(C)=O)c2)CC1. The summed E-state index contributed by atoms with van der Waals surface area (Å²) in [5.41, 5.74) is 1.84. The highest BCUT2D eigenvalue weighted by atomic mass is 16.5. The Labute approximate surface area is 136 Å². The fraction of sp³-hybridized carbons (Fsp3) is 0.500. The van der Waals surface area contributed by atoms with E-state index in [4.69, 9.17) is 4.74 Å². The molecule has 23 heavy (non-hydrogen) atoms. The Kier molecular flexibility index (Phi) is 6.22. The molecular weight excluding hydrogens is 296 g/mol. The number of ether oxygens (including phenoxy) is 1. The molecule has 1 fully saturated rings. The topological polar surface area (TPSA) is 73.9 Å². The molecule has 1 aromatic carbocycles. The molecular formula is C16H24N4O3. The molecule has 0 bridgehead atoms. The molecule has 1 aliphatic rings. The minimum Gasteiger partial charge on any atom is -0.383 e. The molecule has 0 unspecified atom stereocenters. The van der Waals surface area contributed by atoms with Crippen molar-refractivity contribution in [3.63, 3.8) is 0 Å². The maximum absolute atomic E-state index is 12.0. The van der Waals surface area contributed by atoms with E-state index in [2.05, 4.69) is 15.5 Å². The van der Waals surface area contributed by atoms with Crippen LogP contribution >= 0.6 is 0 Å². The van der Waals surface area contributed by atoms with E-state index in [0.717, 1.165) is 24.5 Å². The molecule has 1 saturated heterocycles. The summed E-state index contributed by atoms with van der Waals surface area (Å²) in [5, 5.41) is 5.62. The summed E-state index contributed by atoms with van der Waals surface area (Å²) >= 11 is 0. The lowest BCUT2D eigenvalue weighted by atomic mass is 10.2. The number of methoxy groups -OCH3 is 1. The number of rotatable bonds is 5. The van der Waals surface area contributed by atoms with Crippen LogP contribution in [0.25, 0.3) is 0 Å². The van der Waals surface area contributed by atoms with Crippen LogP contribution in [0.3, 0.4) is 0 Å². The molecule has 0 spiro atoms. The quantitative estimate of drug-likeness (QED) is 0.798. The van der Waals surface area contributed by atoms with Crippen molar-refractivity contribution in [1.82, 2.24) is 10.2 Å². The Hall–Kier alpha value is -2.28. The van der Waals surface area contributed by atoms with Gasteiger partial charge in [-0.05, 0) is 18.2 Å². The average Bonchev–Trinajstić information content (AvgIpc) is 2.55. The van der Waals surface area contributed by atoms with Crippen LogP contribution in [-0.4, -0.2) is 63.3 Å². The van der Waals surface area contributed by atoms with Gasteiger partial charge in [0.25, 0.3) is 0 Å². The van der Waals surface area contributed by atoms with Crippen molar-refractivity contribution in [2.24, 2.45) is 0 Å². The Morgan fingerprint density at radius 3 is 2.61 bits per heavy atom. The number of amides is 3. The number of benzene rings is 1. The van der Waals surface area contributed by atoms with Crippen molar-refractivity contribution in [2.75, 3.05) is 56.7 Å². The van der Waals surface area contributed by atoms with Gasteiger partial charge in [-0.1, -0.05) is 6.07 Å². The van der Waals surface area contributed by atoms with E-state index in [1.54, 1.807) is 7.11 Å². The molecule has 0 atom stereocenters. The van der Waals surface area contributed by atoms with Gasteiger partial charge in [-0.2, -0.15) is 0 Å². The zero-order chi connectivity index (χ0) is 16.7. The average molecular weight is 320 g/mol. The zero-order valence-electron chi connectivity index (χ0n) is 13.7. The molecule has 7 heteroatoms. The highest BCUT2D eigenvalue weighted by molar-refractivity contribution is 5.89. The summed E-state index contributed by atoms with van der Waals surface area (Å²) in [6, 6.07) is 7.71. The summed E-state index contributed by atoms with van der Waals surface area (Å²) < 4.78 is 4.92. The first-order valence-electron chi connectivity index (χ1n) is 7.74. The van der Waals surface area contributed by atoms with Crippen LogP contribution in [0, 0.1) is 0 Å². The minimum absolute atomic E-state index is 0.0475. The third-order valence-electron chi connectivity index (χ3n) is 3.68. The Morgan fingerprint density at radius 2 is 1.96 bits per heavy atom. The van der Waals surface area contributed by atoms with Gasteiger partial charge < -0.3 is 25.2 Å². The maximum Gasteiger partial charge on any atom is 0.317 e. The second kappa shape index (κ2) is 8.38. The molecule has 7 nitrogen and oxygen atoms in total. The van der Waals surface area contributed by atoms with E-state index in [0.29, 0.717) is 26.2 Å². The standard InChI is InChI=1S/C16H24N4O3/c1-13(21)18-14-4-3-5-15(12-14)19-7-9-20(10-8-19)16(22)17-6-11-23-2/h3-5,12H,6-11H2,1-2H3,(H,17,22)(H,18,21). The first-order chi connectivity index (χ1) is 11.1. The highest BCUT2D eigenvalue weighted by Gasteiger charge is 2.21. The van der Waals surface area contributed by atoms with Gasteiger partial charge in [0.2, 0.25) is 5.91 Å². The van der Waals surface area contributed by atoms with Crippen LogP contribution in [0.4, 0.5) is 16.2 Å². The van der Waals surface area contributed by atoms with Crippen molar-refractivity contribution in [3.8, 4) is 0 Å². The Morgan fingerprint density at radius 1 is 1.22 bits per heavy atom. The normalized spacial score (nSPS) is 14.5. The third kappa shape index (κ3) is 5.14. The van der Waals surface area contributed by atoms with E-state index in [9.17, 15) is 9.59 Å². The van der Waals surface area contributed by atoms with Crippen LogP contribution in [-0.2, 0) is 9.53 Å². The Bertz CT molecular complexity index is 542. The molecule has 1 aliphatic heterocycles. The molecule has 0 aliphatic carbocycles. The predicted molar refractivity (Wildman–Crippen MR) is 89.8 cm³/mol. The number of anilines is 2. The number of nitrogens with zero attached hydrogens (tertiary/aromatic N) is 2. The van der Waals surface area contributed by atoms with Gasteiger partial charge in [-0.15, -0.1) is 0 Å². The third-order valence-corrected chi connectivity index (χ3v) is 3.68. The van der Waals surface area contributed by atoms with Gasteiger partial charge in [0.05, 0.1) is 6.61 Å². The molecule has 0 saturated carbocycles. The van der Waals surface area contributed by atoms with Gasteiger partial charge in [-0.3, -0.25) is 4.79 Å². The predicted octanol–water partition coefficient (Wildman–Crippen LogP) is 1.12. The molecule has 2 rings (SSSR count). The van der Waals surface area contributed by atoms with Crippen LogP contribution in [0.1, 0.15) is 6.92 Å². The summed E-state index contributed by atoms with van der Waals surface area (Å²) in [5.74, 6) is -0.0836. The summed E-state index contributed by atoms with van der Waals surface area (Å²) in [6.45, 7) is 5.40. The summed E-state index contributed by atoms with van der Waals surface area (Å²) in [7, 11) is 1.61. The van der Waals surface area contributed by atoms with Crippen molar-refractivity contribution >= 4 is 23.3 Å². The monoisotopic (exact) mass is 320 g/mol. The fourth-order valence-corrected chi connectivity index (χ4v) is 2.52. The van der Waals surface area contributed by atoms with Gasteiger partial charge in [0, 0.05) is 58.1 Å². The summed E-state index contributed by atoms with van der Waals surface area (Å²) in [6.07, 6.45) is 0. The Balaban J connectivity index is 1.86. The molecule has 126 valence electrons. The molecule has 1 heterocycles. The number of hydrogen-bond acceptors (Lipinski definition) is 4. The molecule has 0 radical (unpaired) electrons. The fourth-order valence-electron chi connectivity index (χ4n) is 2.52. The number of piperazine rings is 1. The second-order valence-electron chi connectivity index (χ2n) is 5.43. The van der Waals surface area contributed by atoms with E-state index >= 15 is 0 Å². The van der Waals surface area contributed by atoms with Crippen molar-refractivity contribution < 1.29 is 14.3 Å².